The van der Waals surface area contributed by atoms with Crippen molar-refractivity contribution in [3.8, 4) is 5.75 Å². The van der Waals surface area contributed by atoms with Crippen LogP contribution in [0.2, 0.25) is 0 Å². The van der Waals surface area contributed by atoms with Crippen molar-refractivity contribution in [3.63, 3.8) is 0 Å². The average molecular weight is 372 g/mol. The highest BCUT2D eigenvalue weighted by Gasteiger charge is 2.17. The maximum atomic E-state index is 12.8. The molecule has 0 radical (unpaired) electrons. The molecule has 1 amide bonds. The average Bonchev–Trinajstić information content (AvgIpc) is 3.03. The van der Waals surface area contributed by atoms with E-state index in [9.17, 15) is 13.6 Å². The Morgan fingerprint density at radius 2 is 1.85 bits per heavy atom. The number of carbonyl (C=O) groups is 1. The lowest BCUT2D eigenvalue weighted by Gasteiger charge is -2.12. The van der Waals surface area contributed by atoms with Gasteiger partial charge in [0.2, 0.25) is 0 Å². The molecule has 0 saturated heterocycles. The summed E-state index contributed by atoms with van der Waals surface area (Å²) >= 11 is 0. The molecule has 0 fully saturated rings. The highest BCUT2D eigenvalue weighted by atomic mass is 19.3. The molecule has 0 aliphatic carbocycles. The predicted molar refractivity (Wildman–Crippen MR) is 98.8 cm³/mol. The summed E-state index contributed by atoms with van der Waals surface area (Å²) in [6, 6.07) is 15.3. The molecule has 6 nitrogen and oxygen atoms in total. The molecule has 1 heterocycles. The van der Waals surface area contributed by atoms with Crippen LogP contribution in [0.1, 0.15) is 22.5 Å². The van der Waals surface area contributed by atoms with E-state index in [2.05, 4.69) is 15.7 Å². The van der Waals surface area contributed by atoms with Crippen LogP contribution in [-0.2, 0) is 7.05 Å². The number of aryl methyl sites for hydroxylation is 1. The van der Waals surface area contributed by atoms with E-state index in [0.29, 0.717) is 11.3 Å². The van der Waals surface area contributed by atoms with Gasteiger partial charge in [0.05, 0.1) is 18.4 Å². The number of anilines is 3. The summed E-state index contributed by atoms with van der Waals surface area (Å²) in [6.45, 7) is 0. The second-order valence-corrected chi connectivity index (χ2v) is 5.73. The van der Waals surface area contributed by atoms with Gasteiger partial charge in [-0.3, -0.25) is 9.48 Å². The largest absolute Gasteiger partial charge is 0.497 e. The molecular weight excluding hydrogens is 354 g/mol. The van der Waals surface area contributed by atoms with Crippen molar-refractivity contribution in [2.45, 2.75) is 6.43 Å². The zero-order chi connectivity index (χ0) is 19.4. The van der Waals surface area contributed by atoms with Gasteiger partial charge in [0, 0.05) is 18.8 Å². The number of methoxy groups -OCH3 is 1. The van der Waals surface area contributed by atoms with Gasteiger partial charge in [-0.15, -0.1) is 0 Å². The summed E-state index contributed by atoms with van der Waals surface area (Å²) in [7, 11) is 3.07. The fourth-order valence-electron chi connectivity index (χ4n) is 2.52. The Labute approximate surface area is 154 Å². The van der Waals surface area contributed by atoms with Gasteiger partial charge in [-0.2, -0.15) is 5.10 Å². The van der Waals surface area contributed by atoms with E-state index in [1.807, 2.05) is 12.1 Å². The van der Waals surface area contributed by atoms with Gasteiger partial charge in [0.15, 0.2) is 0 Å². The number of amides is 1. The maximum Gasteiger partial charge on any atom is 0.282 e. The third kappa shape index (κ3) is 4.22. The number of hydrogen-bond donors (Lipinski definition) is 2. The number of alkyl halides is 2. The van der Waals surface area contributed by atoms with Gasteiger partial charge >= 0.3 is 0 Å². The molecule has 0 unspecified atom stereocenters. The molecular formula is C19H18F2N4O2. The summed E-state index contributed by atoms with van der Waals surface area (Å²) < 4.78 is 31.9. The lowest BCUT2D eigenvalue weighted by molar-refractivity contribution is 0.102. The third-order valence-electron chi connectivity index (χ3n) is 3.90. The van der Waals surface area contributed by atoms with Crippen molar-refractivity contribution >= 4 is 23.1 Å². The first kappa shape index (κ1) is 18.4. The Hall–Kier alpha value is -3.42. The number of para-hydroxylation sites is 1. The van der Waals surface area contributed by atoms with Crippen LogP contribution >= 0.6 is 0 Å². The number of rotatable bonds is 6. The SMILES string of the molecule is COc1ccc(Nc2ccccc2C(=O)Nc2cc(C(F)F)nn2C)cc1. The molecule has 1 aromatic heterocycles. The standard InChI is InChI=1S/C19H18F2N4O2/c1-25-17(11-16(24-25)18(20)21)23-19(26)14-5-3-4-6-15(14)22-12-7-9-13(27-2)10-8-12/h3-11,18,22H,1-2H3,(H,23,26). The van der Waals surface area contributed by atoms with Gasteiger partial charge in [-0.05, 0) is 36.4 Å². The Bertz CT molecular complexity index is 939. The van der Waals surface area contributed by atoms with Crippen LogP contribution < -0.4 is 15.4 Å². The van der Waals surface area contributed by atoms with Crippen LogP contribution in [0.25, 0.3) is 0 Å². The van der Waals surface area contributed by atoms with Gasteiger partial charge in [0.25, 0.3) is 12.3 Å². The minimum atomic E-state index is -2.70. The van der Waals surface area contributed by atoms with E-state index in [1.54, 1.807) is 43.5 Å². The van der Waals surface area contributed by atoms with Crippen molar-refractivity contribution in [2.24, 2.45) is 7.05 Å². The van der Waals surface area contributed by atoms with Crippen LogP contribution in [0, 0.1) is 0 Å². The lowest BCUT2D eigenvalue weighted by Crippen LogP contribution is -2.16. The summed E-state index contributed by atoms with van der Waals surface area (Å²) in [5, 5.41) is 9.47. The Morgan fingerprint density at radius 3 is 2.48 bits per heavy atom. The van der Waals surface area contributed by atoms with Crippen molar-refractivity contribution in [3.05, 3.63) is 65.9 Å². The van der Waals surface area contributed by atoms with Gasteiger partial charge in [-0.25, -0.2) is 8.78 Å². The second kappa shape index (κ2) is 7.86. The summed E-state index contributed by atoms with van der Waals surface area (Å²) in [6.07, 6.45) is -2.70. The van der Waals surface area contributed by atoms with Gasteiger partial charge < -0.3 is 15.4 Å². The molecule has 0 aliphatic heterocycles. The van der Waals surface area contributed by atoms with Crippen molar-refractivity contribution in [2.75, 3.05) is 17.7 Å². The number of benzene rings is 2. The van der Waals surface area contributed by atoms with E-state index < -0.39 is 18.0 Å². The van der Waals surface area contributed by atoms with Crippen LogP contribution in [0.4, 0.5) is 26.0 Å². The number of nitrogens with zero attached hydrogens (tertiary/aromatic N) is 2. The number of hydrogen-bond acceptors (Lipinski definition) is 4. The molecule has 140 valence electrons. The van der Waals surface area contributed by atoms with Crippen LogP contribution in [0.5, 0.6) is 5.75 Å². The molecule has 8 heteroatoms. The molecule has 2 N–H and O–H groups in total. The number of nitrogens with one attached hydrogen (secondary N) is 2. The van der Waals surface area contributed by atoms with E-state index >= 15 is 0 Å². The smallest absolute Gasteiger partial charge is 0.282 e. The molecule has 0 bridgehead atoms. The van der Waals surface area contributed by atoms with E-state index in [1.165, 1.54) is 11.7 Å². The Balaban J connectivity index is 1.81. The Kier molecular flexibility index (Phi) is 5.35. The highest BCUT2D eigenvalue weighted by molar-refractivity contribution is 6.08. The molecule has 0 aliphatic rings. The molecule has 3 rings (SSSR count). The first-order valence-corrected chi connectivity index (χ1v) is 8.11. The van der Waals surface area contributed by atoms with Crippen LogP contribution in [-0.4, -0.2) is 22.8 Å². The number of carbonyl (C=O) groups excluding carboxylic acids is 1. The topological polar surface area (TPSA) is 68.2 Å². The number of aromatic nitrogens is 2. The van der Waals surface area contributed by atoms with Crippen molar-refractivity contribution in [1.82, 2.24) is 9.78 Å². The van der Waals surface area contributed by atoms with Crippen LogP contribution in [0.15, 0.2) is 54.6 Å². The minimum Gasteiger partial charge on any atom is -0.497 e. The zero-order valence-corrected chi connectivity index (χ0v) is 14.7. The third-order valence-corrected chi connectivity index (χ3v) is 3.90. The predicted octanol–water partition coefficient (Wildman–Crippen LogP) is 4.36. The fourth-order valence-corrected chi connectivity index (χ4v) is 2.52. The highest BCUT2D eigenvalue weighted by Crippen LogP contribution is 2.25. The first-order chi connectivity index (χ1) is 13.0. The lowest BCUT2D eigenvalue weighted by atomic mass is 10.1. The first-order valence-electron chi connectivity index (χ1n) is 8.11. The van der Waals surface area contributed by atoms with Crippen molar-refractivity contribution in [1.29, 1.82) is 0 Å². The number of halogens is 2. The fraction of sp³-hybridized carbons (Fsp3) is 0.158. The molecule has 0 spiro atoms. The Morgan fingerprint density at radius 1 is 1.15 bits per heavy atom. The second-order valence-electron chi connectivity index (χ2n) is 5.73. The van der Waals surface area contributed by atoms with E-state index in [-0.39, 0.29) is 5.82 Å². The van der Waals surface area contributed by atoms with Crippen LogP contribution in [0.3, 0.4) is 0 Å². The molecule has 27 heavy (non-hydrogen) atoms. The summed E-state index contributed by atoms with van der Waals surface area (Å²) in [5.41, 5.74) is 1.33. The quantitative estimate of drug-likeness (QED) is 0.675. The van der Waals surface area contributed by atoms with Gasteiger partial charge in [-0.1, -0.05) is 12.1 Å². The van der Waals surface area contributed by atoms with Gasteiger partial charge in [0.1, 0.15) is 17.3 Å². The van der Waals surface area contributed by atoms with Crippen molar-refractivity contribution < 1.29 is 18.3 Å². The zero-order valence-electron chi connectivity index (χ0n) is 14.7. The monoisotopic (exact) mass is 372 g/mol. The minimum absolute atomic E-state index is 0.189. The molecule has 2 aromatic carbocycles. The maximum absolute atomic E-state index is 12.8. The summed E-state index contributed by atoms with van der Waals surface area (Å²) in [5.74, 6) is 0.475. The number of ether oxygens (including phenoxy) is 1. The normalized spacial score (nSPS) is 10.7. The summed E-state index contributed by atoms with van der Waals surface area (Å²) in [4.78, 5) is 12.7. The van der Waals surface area contributed by atoms with E-state index in [0.717, 1.165) is 17.5 Å². The van der Waals surface area contributed by atoms with E-state index in [4.69, 9.17) is 4.74 Å². The molecule has 0 saturated carbocycles. The molecule has 3 aromatic rings. The molecule has 0 atom stereocenters.